The lowest BCUT2D eigenvalue weighted by Gasteiger charge is -2.10. The fraction of sp³-hybridized carbons (Fsp3) is 0.429. The van der Waals surface area contributed by atoms with Crippen molar-refractivity contribution in [2.75, 3.05) is 6.61 Å². The van der Waals surface area contributed by atoms with Gasteiger partial charge in [0, 0.05) is 0 Å². The van der Waals surface area contributed by atoms with Gasteiger partial charge in [-0.2, -0.15) is 0 Å². The Kier molecular flexibility index (Phi) is 5.60. The van der Waals surface area contributed by atoms with Crippen LogP contribution in [0.2, 0.25) is 0 Å². The van der Waals surface area contributed by atoms with E-state index in [9.17, 15) is 0 Å². The first-order valence-corrected chi connectivity index (χ1v) is 5.67. The second-order valence-corrected chi connectivity index (χ2v) is 3.65. The summed E-state index contributed by atoms with van der Waals surface area (Å²) in [5.74, 6) is 0.900. The molecule has 82 valence electrons. The average molecular weight is 204 g/mol. The fourth-order valence-corrected chi connectivity index (χ4v) is 1.43. The van der Waals surface area contributed by atoms with Crippen molar-refractivity contribution in [2.45, 2.75) is 32.6 Å². The molecule has 0 aromatic heterocycles. The Morgan fingerprint density at radius 3 is 3.00 bits per heavy atom. The summed E-state index contributed by atoms with van der Waals surface area (Å²) < 4.78 is 5.66. The summed E-state index contributed by atoms with van der Waals surface area (Å²) in [5, 5.41) is 0. The minimum Gasteiger partial charge on any atom is -0.489 e. The van der Waals surface area contributed by atoms with E-state index in [-0.39, 0.29) is 0 Å². The third-order valence-electron chi connectivity index (χ3n) is 2.31. The molecule has 0 aliphatic heterocycles. The lowest BCUT2D eigenvalue weighted by molar-refractivity contribution is 0.254. The molecule has 0 unspecified atom stereocenters. The molecule has 0 saturated heterocycles. The third-order valence-corrected chi connectivity index (χ3v) is 2.31. The van der Waals surface area contributed by atoms with Crippen molar-refractivity contribution >= 4 is 0 Å². The molecular weight excluding hydrogens is 184 g/mol. The highest BCUT2D eigenvalue weighted by Gasteiger charge is 1.98. The first-order valence-electron chi connectivity index (χ1n) is 5.67. The van der Waals surface area contributed by atoms with E-state index in [1.54, 1.807) is 6.08 Å². The predicted octanol–water partition coefficient (Wildman–Crippen LogP) is 4.15. The van der Waals surface area contributed by atoms with Gasteiger partial charge < -0.3 is 4.74 Å². The summed E-state index contributed by atoms with van der Waals surface area (Å²) in [7, 11) is 0. The van der Waals surface area contributed by atoms with Crippen molar-refractivity contribution in [3.8, 4) is 0 Å². The first kappa shape index (κ1) is 11.8. The van der Waals surface area contributed by atoms with Gasteiger partial charge in [0.15, 0.2) is 0 Å². The molecule has 0 N–H and O–H groups in total. The van der Waals surface area contributed by atoms with Crippen LogP contribution in [0.15, 0.2) is 48.3 Å². The second kappa shape index (κ2) is 7.10. The highest BCUT2D eigenvalue weighted by atomic mass is 16.5. The average Bonchev–Trinajstić information content (AvgIpc) is 2.31. The van der Waals surface area contributed by atoms with Gasteiger partial charge >= 0.3 is 0 Å². The standard InChI is InChI=1S/C14H20O/c1-3-5-11-14(4-2)15-12-13-9-7-6-8-10-13/h4,7,9-11H,2-3,5-6,8,12H2,1H3/b14-11+. The van der Waals surface area contributed by atoms with Gasteiger partial charge in [-0.05, 0) is 37.0 Å². The summed E-state index contributed by atoms with van der Waals surface area (Å²) >= 11 is 0. The largest absolute Gasteiger partial charge is 0.489 e. The van der Waals surface area contributed by atoms with Crippen molar-refractivity contribution in [3.05, 3.63) is 48.3 Å². The van der Waals surface area contributed by atoms with Crippen LogP contribution in [0.5, 0.6) is 0 Å². The van der Waals surface area contributed by atoms with Crippen LogP contribution < -0.4 is 0 Å². The third kappa shape index (κ3) is 4.68. The van der Waals surface area contributed by atoms with Gasteiger partial charge in [-0.25, -0.2) is 0 Å². The summed E-state index contributed by atoms with van der Waals surface area (Å²) in [6.45, 7) is 6.57. The normalized spacial score (nSPS) is 16.1. The molecule has 1 nitrogen and oxygen atoms in total. The van der Waals surface area contributed by atoms with Crippen LogP contribution in [0.4, 0.5) is 0 Å². The van der Waals surface area contributed by atoms with E-state index in [0.717, 1.165) is 31.4 Å². The molecule has 0 atom stereocenters. The van der Waals surface area contributed by atoms with E-state index in [1.807, 2.05) is 0 Å². The van der Waals surface area contributed by atoms with Gasteiger partial charge in [0.05, 0.1) is 0 Å². The van der Waals surface area contributed by atoms with Gasteiger partial charge in [-0.3, -0.25) is 0 Å². The Labute approximate surface area is 92.8 Å². The van der Waals surface area contributed by atoms with Gasteiger partial charge in [0.25, 0.3) is 0 Å². The van der Waals surface area contributed by atoms with Gasteiger partial charge in [-0.15, -0.1) is 0 Å². The van der Waals surface area contributed by atoms with Gasteiger partial charge in [0.1, 0.15) is 12.4 Å². The zero-order chi connectivity index (χ0) is 10.9. The Bertz CT molecular complexity index is 282. The molecule has 0 amide bonds. The summed E-state index contributed by atoms with van der Waals surface area (Å²) in [6.07, 6.45) is 14.9. The predicted molar refractivity (Wildman–Crippen MR) is 65.6 cm³/mol. The van der Waals surface area contributed by atoms with Crippen LogP contribution in [-0.2, 0) is 4.74 Å². The van der Waals surface area contributed by atoms with Crippen LogP contribution in [-0.4, -0.2) is 6.61 Å². The SMILES string of the molecule is C=C/C(=C\CCC)OCC1=CCCC=C1. The molecule has 0 heterocycles. The van der Waals surface area contributed by atoms with Crippen molar-refractivity contribution in [1.82, 2.24) is 0 Å². The Morgan fingerprint density at radius 2 is 2.40 bits per heavy atom. The maximum Gasteiger partial charge on any atom is 0.115 e. The maximum atomic E-state index is 5.66. The molecule has 0 radical (unpaired) electrons. The van der Waals surface area contributed by atoms with Crippen molar-refractivity contribution in [3.63, 3.8) is 0 Å². The van der Waals surface area contributed by atoms with Crippen LogP contribution in [0.25, 0.3) is 0 Å². The molecule has 1 rings (SSSR count). The monoisotopic (exact) mass is 204 g/mol. The van der Waals surface area contributed by atoms with Gasteiger partial charge in [0.2, 0.25) is 0 Å². The Morgan fingerprint density at radius 1 is 1.53 bits per heavy atom. The zero-order valence-corrected chi connectivity index (χ0v) is 9.54. The zero-order valence-electron chi connectivity index (χ0n) is 9.54. The Balaban J connectivity index is 2.36. The minimum absolute atomic E-state index is 0.665. The number of rotatable bonds is 6. The highest BCUT2D eigenvalue weighted by Crippen LogP contribution is 2.12. The topological polar surface area (TPSA) is 9.23 Å². The number of ether oxygens (including phenoxy) is 1. The molecule has 0 bridgehead atoms. The lowest BCUT2D eigenvalue weighted by atomic mass is 10.1. The molecule has 0 fully saturated rings. The van der Waals surface area contributed by atoms with Crippen LogP contribution in [0.1, 0.15) is 32.6 Å². The molecule has 0 aromatic carbocycles. The molecule has 1 heteroatoms. The minimum atomic E-state index is 0.665. The van der Waals surface area contributed by atoms with E-state index in [1.165, 1.54) is 5.57 Å². The number of hydrogen-bond donors (Lipinski definition) is 0. The first-order chi connectivity index (χ1) is 7.36. The van der Waals surface area contributed by atoms with E-state index in [2.05, 4.69) is 37.8 Å². The molecule has 0 aromatic rings. The molecule has 0 spiro atoms. The number of unbranched alkanes of at least 4 members (excludes halogenated alkanes) is 1. The van der Waals surface area contributed by atoms with Crippen molar-refractivity contribution < 1.29 is 4.74 Å². The number of hydrogen-bond acceptors (Lipinski definition) is 1. The molecule has 15 heavy (non-hydrogen) atoms. The van der Waals surface area contributed by atoms with Crippen LogP contribution in [0, 0.1) is 0 Å². The smallest absolute Gasteiger partial charge is 0.115 e. The molecular formula is C14H20O. The molecule has 0 saturated carbocycles. The molecule has 1 aliphatic rings. The summed E-state index contributed by atoms with van der Waals surface area (Å²) in [6, 6.07) is 0. The second-order valence-electron chi connectivity index (χ2n) is 3.65. The highest BCUT2D eigenvalue weighted by molar-refractivity contribution is 5.23. The van der Waals surface area contributed by atoms with Gasteiger partial charge in [-0.1, -0.05) is 38.2 Å². The van der Waals surface area contributed by atoms with Crippen LogP contribution in [0.3, 0.4) is 0 Å². The number of allylic oxidation sites excluding steroid dienone is 4. The van der Waals surface area contributed by atoms with E-state index >= 15 is 0 Å². The summed E-state index contributed by atoms with van der Waals surface area (Å²) in [4.78, 5) is 0. The Hall–Kier alpha value is -1.24. The maximum absolute atomic E-state index is 5.66. The lowest BCUT2D eigenvalue weighted by Crippen LogP contribution is -1.97. The van der Waals surface area contributed by atoms with Crippen molar-refractivity contribution in [1.29, 1.82) is 0 Å². The quantitative estimate of drug-likeness (QED) is 0.466. The van der Waals surface area contributed by atoms with E-state index in [4.69, 9.17) is 4.74 Å². The van der Waals surface area contributed by atoms with E-state index < -0.39 is 0 Å². The molecule has 1 aliphatic carbocycles. The van der Waals surface area contributed by atoms with E-state index in [0.29, 0.717) is 6.61 Å². The van der Waals surface area contributed by atoms with Crippen LogP contribution >= 0.6 is 0 Å². The fourth-order valence-electron chi connectivity index (χ4n) is 1.43. The van der Waals surface area contributed by atoms with Crippen molar-refractivity contribution in [2.24, 2.45) is 0 Å². The summed E-state index contributed by atoms with van der Waals surface area (Å²) in [5.41, 5.74) is 1.27.